The molecule has 0 amide bonds. The van der Waals surface area contributed by atoms with Gasteiger partial charge in [0.15, 0.2) is 0 Å². The zero-order valence-corrected chi connectivity index (χ0v) is 21.0. The Morgan fingerprint density at radius 1 is 0.906 bits per heavy atom. The first-order valence-corrected chi connectivity index (χ1v) is 15.6. The number of nitrogens with one attached hydrogen (secondary N) is 1. The van der Waals surface area contributed by atoms with Crippen LogP contribution in [0.3, 0.4) is 0 Å². The summed E-state index contributed by atoms with van der Waals surface area (Å²) in [6.07, 6.45) is 3.37. The molecule has 168 valence electrons. The highest BCUT2D eigenvalue weighted by molar-refractivity contribution is 7.89. The Labute approximate surface area is 194 Å². The molecule has 3 aromatic rings. The molecule has 0 aliphatic rings. The van der Waals surface area contributed by atoms with E-state index in [2.05, 4.69) is 60.8 Å². The van der Waals surface area contributed by atoms with Crippen LogP contribution in [0.15, 0.2) is 102 Å². The van der Waals surface area contributed by atoms with E-state index in [1.54, 1.807) is 12.1 Å². The summed E-state index contributed by atoms with van der Waals surface area (Å²) < 4.78 is 29.4. The second kappa shape index (κ2) is 10.4. The van der Waals surface area contributed by atoms with Gasteiger partial charge in [-0.25, -0.2) is 13.1 Å². The average molecular weight is 464 g/mol. The highest BCUT2D eigenvalue weighted by Gasteiger charge is 2.34. The number of allylic oxidation sites excluding steroid dienone is 1. The Kier molecular flexibility index (Phi) is 7.88. The van der Waals surface area contributed by atoms with Gasteiger partial charge < -0.3 is 0 Å². The second-order valence-corrected chi connectivity index (χ2v) is 15.5. The first kappa shape index (κ1) is 24.2. The van der Waals surface area contributed by atoms with Crippen molar-refractivity contribution in [3.63, 3.8) is 0 Å². The van der Waals surface area contributed by atoms with Crippen molar-refractivity contribution in [3.05, 3.63) is 109 Å². The SMILES string of the molecule is C=C[C@@H](C[C@H](Cc1ccccc1)NS(=O)(=O)c1ccc(C)cc1)[Si](C)(C)c1ccccc1. The molecule has 32 heavy (non-hydrogen) atoms. The summed E-state index contributed by atoms with van der Waals surface area (Å²) in [5.74, 6) is 0. The van der Waals surface area contributed by atoms with Crippen molar-refractivity contribution in [2.45, 2.75) is 49.3 Å². The van der Waals surface area contributed by atoms with Crippen LogP contribution in [0, 0.1) is 6.92 Å². The predicted molar refractivity (Wildman–Crippen MR) is 138 cm³/mol. The summed E-state index contributed by atoms with van der Waals surface area (Å²) >= 11 is 0. The minimum Gasteiger partial charge on any atom is -0.208 e. The van der Waals surface area contributed by atoms with E-state index >= 15 is 0 Å². The Morgan fingerprint density at radius 2 is 1.47 bits per heavy atom. The molecule has 5 heteroatoms. The Morgan fingerprint density at radius 3 is 2.03 bits per heavy atom. The summed E-state index contributed by atoms with van der Waals surface area (Å²) in [7, 11) is -5.53. The molecule has 2 atom stereocenters. The van der Waals surface area contributed by atoms with Crippen molar-refractivity contribution >= 4 is 23.3 Å². The van der Waals surface area contributed by atoms with Gasteiger partial charge in [-0.2, -0.15) is 0 Å². The van der Waals surface area contributed by atoms with Crippen molar-refractivity contribution in [2.75, 3.05) is 0 Å². The fourth-order valence-electron chi connectivity index (χ4n) is 4.15. The van der Waals surface area contributed by atoms with Gasteiger partial charge in [0.25, 0.3) is 0 Å². The van der Waals surface area contributed by atoms with Gasteiger partial charge in [0, 0.05) is 6.04 Å². The third kappa shape index (κ3) is 6.06. The number of hydrogen-bond donors (Lipinski definition) is 1. The van der Waals surface area contributed by atoms with Crippen LogP contribution in [0.25, 0.3) is 0 Å². The normalized spacial score (nSPS) is 14.0. The van der Waals surface area contributed by atoms with E-state index in [9.17, 15) is 8.42 Å². The quantitative estimate of drug-likeness (QED) is 0.321. The molecular weight excluding hydrogens is 430 g/mol. The van der Waals surface area contributed by atoms with Crippen molar-refractivity contribution in [3.8, 4) is 0 Å². The topological polar surface area (TPSA) is 46.2 Å². The van der Waals surface area contributed by atoms with E-state index in [-0.39, 0.29) is 11.6 Å². The lowest BCUT2D eigenvalue weighted by molar-refractivity contribution is 0.524. The van der Waals surface area contributed by atoms with Crippen molar-refractivity contribution < 1.29 is 8.42 Å². The first-order chi connectivity index (χ1) is 15.2. The van der Waals surface area contributed by atoms with Crippen LogP contribution >= 0.6 is 0 Å². The molecule has 3 nitrogen and oxygen atoms in total. The number of aryl methyl sites for hydroxylation is 1. The minimum atomic E-state index is -3.63. The van der Waals surface area contributed by atoms with Crippen LogP contribution in [-0.4, -0.2) is 22.5 Å². The van der Waals surface area contributed by atoms with Gasteiger partial charge in [0.1, 0.15) is 0 Å². The molecule has 0 saturated carbocycles. The van der Waals surface area contributed by atoms with Crippen LogP contribution < -0.4 is 9.91 Å². The minimum absolute atomic E-state index is 0.222. The lowest BCUT2D eigenvalue weighted by atomic mass is 10.0. The maximum Gasteiger partial charge on any atom is 0.240 e. The Bertz CT molecular complexity index is 1110. The van der Waals surface area contributed by atoms with Gasteiger partial charge >= 0.3 is 0 Å². The highest BCUT2D eigenvalue weighted by Crippen LogP contribution is 2.30. The summed E-state index contributed by atoms with van der Waals surface area (Å²) in [6.45, 7) is 10.8. The van der Waals surface area contributed by atoms with Crippen LogP contribution in [0.1, 0.15) is 17.5 Å². The number of rotatable bonds is 10. The summed E-state index contributed by atoms with van der Waals surface area (Å²) in [5, 5.41) is 1.35. The van der Waals surface area contributed by atoms with Crippen LogP contribution in [0.2, 0.25) is 18.6 Å². The van der Waals surface area contributed by atoms with Gasteiger partial charge in [-0.1, -0.05) is 103 Å². The predicted octanol–water partition coefficient (Wildman–Crippen LogP) is 5.45. The molecule has 0 aromatic heterocycles. The lowest BCUT2D eigenvalue weighted by Gasteiger charge is -2.34. The third-order valence-electron chi connectivity index (χ3n) is 6.25. The van der Waals surface area contributed by atoms with Crippen molar-refractivity contribution in [1.82, 2.24) is 4.72 Å². The molecule has 0 radical (unpaired) electrons. The van der Waals surface area contributed by atoms with Gasteiger partial charge in [0.2, 0.25) is 10.0 Å². The molecule has 0 fully saturated rings. The van der Waals surface area contributed by atoms with Crippen LogP contribution in [0.4, 0.5) is 0 Å². The molecule has 0 unspecified atom stereocenters. The summed E-state index contributed by atoms with van der Waals surface area (Å²) in [6, 6.07) is 27.4. The van der Waals surface area contributed by atoms with Crippen molar-refractivity contribution in [1.29, 1.82) is 0 Å². The summed E-state index contributed by atoms with van der Waals surface area (Å²) in [4.78, 5) is 0.302. The molecule has 0 heterocycles. The molecule has 3 aromatic carbocycles. The van der Waals surface area contributed by atoms with Crippen LogP contribution in [-0.2, 0) is 16.4 Å². The fraction of sp³-hybridized carbons (Fsp3) is 0.259. The van der Waals surface area contributed by atoms with E-state index in [0.29, 0.717) is 17.7 Å². The Hall–Kier alpha value is -2.47. The average Bonchev–Trinajstić information content (AvgIpc) is 2.78. The number of benzene rings is 3. The fourth-order valence-corrected chi connectivity index (χ4v) is 8.34. The smallest absolute Gasteiger partial charge is 0.208 e. The number of sulfonamides is 1. The maximum absolute atomic E-state index is 13.2. The zero-order chi connectivity index (χ0) is 23.2. The number of hydrogen-bond acceptors (Lipinski definition) is 2. The molecule has 0 spiro atoms. The maximum atomic E-state index is 13.2. The van der Waals surface area contributed by atoms with Crippen LogP contribution in [0.5, 0.6) is 0 Å². The van der Waals surface area contributed by atoms with E-state index in [4.69, 9.17) is 0 Å². The monoisotopic (exact) mass is 463 g/mol. The molecular formula is C27H33NO2SSi. The lowest BCUT2D eigenvalue weighted by Crippen LogP contribution is -2.48. The highest BCUT2D eigenvalue weighted by atomic mass is 32.2. The van der Waals surface area contributed by atoms with Gasteiger partial charge in [-0.05, 0) is 43.0 Å². The van der Waals surface area contributed by atoms with E-state index in [1.807, 2.05) is 49.4 Å². The Balaban J connectivity index is 1.89. The largest absolute Gasteiger partial charge is 0.240 e. The molecule has 0 aliphatic heterocycles. The van der Waals surface area contributed by atoms with Gasteiger partial charge in [0.05, 0.1) is 13.0 Å². The zero-order valence-electron chi connectivity index (χ0n) is 19.2. The molecule has 0 bridgehead atoms. The van der Waals surface area contributed by atoms with Gasteiger partial charge in [-0.3, -0.25) is 0 Å². The molecule has 0 saturated heterocycles. The third-order valence-corrected chi connectivity index (χ3v) is 11.9. The van der Waals surface area contributed by atoms with E-state index in [1.165, 1.54) is 5.19 Å². The molecule has 0 aliphatic carbocycles. The van der Waals surface area contributed by atoms with E-state index in [0.717, 1.165) is 11.1 Å². The molecule has 3 rings (SSSR count). The second-order valence-electron chi connectivity index (χ2n) is 8.99. The molecule has 1 N–H and O–H groups in total. The van der Waals surface area contributed by atoms with Gasteiger partial charge in [-0.15, -0.1) is 6.58 Å². The van der Waals surface area contributed by atoms with E-state index < -0.39 is 18.1 Å². The standard InChI is InChI=1S/C27H33NO2SSi/c1-5-26(32(3,4)27-14-10-7-11-15-27)21-24(20-23-12-8-6-9-13-23)28-31(29,30)25-18-16-22(2)17-19-25/h5-19,24,26,28H,1,20-21H2,2-4H3/t24-,26-/m0/s1. The first-order valence-electron chi connectivity index (χ1n) is 11.0. The summed E-state index contributed by atoms with van der Waals surface area (Å²) in [5.41, 5.74) is 2.37. The van der Waals surface area contributed by atoms with Crippen molar-refractivity contribution in [2.24, 2.45) is 0 Å².